The van der Waals surface area contributed by atoms with Gasteiger partial charge in [-0.2, -0.15) is 0 Å². The van der Waals surface area contributed by atoms with Gasteiger partial charge in [-0.1, -0.05) is 0 Å². The van der Waals surface area contributed by atoms with Crippen LogP contribution in [-0.4, -0.2) is 124 Å². The molecule has 0 bridgehead atoms. The molecular formula is C53H59N19O11. The molecule has 8 heterocycles. The Kier molecular flexibility index (Phi) is 17.1. The predicted octanol–water partition coefficient (Wildman–Crippen LogP) is 3.05. The van der Waals surface area contributed by atoms with Gasteiger partial charge in [0.25, 0.3) is 47.3 Å². The minimum Gasteiger partial charge on any atom is -0.481 e. The number of carbonyl (C=O) groups excluding carboxylic acids is 9. The largest absolute Gasteiger partial charge is 0.481 e. The van der Waals surface area contributed by atoms with Crippen molar-refractivity contribution >= 4 is 99.2 Å². The van der Waals surface area contributed by atoms with E-state index in [1.807, 2.05) is 0 Å². The first-order valence-corrected chi connectivity index (χ1v) is 25.4. The summed E-state index contributed by atoms with van der Waals surface area (Å²) in [6.07, 6.45) is 12.4. The number of aromatic nitrogens is 10. The highest BCUT2D eigenvalue weighted by Crippen LogP contribution is 2.22. The highest BCUT2D eigenvalue weighted by molar-refractivity contribution is 6.10. The molecule has 0 saturated carbocycles. The summed E-state index contributed by atoms with van der Waals surface area (Å²) in [5.74, 6) is -5.85. The molecule has 10 N–H and O–H groups in total. The fourth-order valence-corrected chi connectivity index (χ4v) is 8.73. The summed E-state index contributed by atoms with van der Waals surface area (Å²) < 4.78 is 12.0. The normalized spacial score (nSPS) is 10.9. The number of aryl methyl sites for hydroxylation is 8. The first-order chi connectivity index (χ1) is 39.4. The van der Waals surface area contributed by atoms with Crippen LogP contribution in [0.3, 0.4) is 0 Å². The second-order valence-electron chi connectivity index (χ2n) is 19.3. The number of rotatable bonds is 22. The number of carboxylic acid groups (broad SMARTS) is 1. The number of hydrogen-bond acceptors (Lipinski definition) is 12. The lowest BCUT2D eigenvalue weighted by atomic mass is 10.2. The molecule has 83 heavy (non-hydrogen) atoms. The smallest absolute Gasteiger partial charge is 0.305 e. The van der Waals surface area contributed by atoms with E-state index in [4.69, 9.17) is 5.11 Å². The number of amides is 9. The molecule has 30 heteroatoms. The van der Waals surface area contributed by atoms with Crippen molar-refractivity contribution in [3.63, 3.8) is 0 Å². The van der Waals surface area contributed by atoms with Crippen LogP contribution in [0.4, 0.5) is 40.1 Å². The van der Waals surface area contributed by atoms with Crippen LogP contribution in [0.2, 0.25) is 0 Å². The number of aliphatic carboxylic acids is 1. The van der Waals surface area contributed by atoms with Crippen LogP contribution < -0.4 is 47.9 Å². The molecule has 0 aliphatic rings. The first kappa shape index (κ1) is 58.0. The summed E-state index contributed by atoms with van der Waals surface area (Å²) >= 11 is 0. The van der Waals surface area contributed by atoms with Gasteiger partial charge >= 0.3 is 5.97 Å². The summed E-state index contributed by atoms with van der Waals surface area (Å²) in [5, 5.41) is 33.1. The molecule has 432 valence electrons. The summed E-state index contributed by atoms with van der Waals surface area (Å²) in [6, 6.07) is 10.8. The quantitative estimate of drug-likeness (QED) is 0.0437. The molecule has 0 atom stereocenters. The molecular weight excluding hydrogens is 1080 g/mol. The maximum absolute atomic E-state index is 13.4. The van der Waals surface area contributed by atoms with E-state index in [2.05, 4.69) is 57.8 Å². The van der Waals surface area contributed by atoms with Crippen molar-refractivity contribution in [3.8, 4) is 0 Å². The van der Waals surface area contributed by atoms with Crippen molar-refractivity contribution in [3.05, 3.63) is 138 Å². The topological polar surface area (TPSA) is 364 Å². The highest BCUT2D eigenvalue weighted by atomic mass is 16.4. The Morgan fingerprint density at radius 1 is 0.386 bits per heavy atom. The molecule has 8 aromatic rings. The first-order valence-electron chi connectivity index (χ1n) is 25.4. The molecule has 8 rings (SSSR count). The lowest BCUT2D eigenvalue weighted by Gasteiger charge is -2.06. The minimum absolute atomic E-state index is 0.0119. The molecule has 0 unspecified atom stereocenters. The molecule has 8 aromatic heterocycles. The second-order valence-corrected chi connectivity index (χ2v) is 19.3. The Hall–Kier alpha value is -11.2. The van der Waals surface area contributed by atoms with Crippen molar-refractivity contribution < 1.29 is 53.1 Å². The Balaban J connectivity index is 0.761. The van der Waals surface area contributed by atoms with Gasteiger partial charge in [-0.25, -0.2) is 9.97 Å². The van der Waals surface area contributed by atoms with Crippen molar-refractivity contribution in [2.75, 3.05) is 50.3 Å². The van der Waals surface area contributed by atoms with E-state index in [1.165, 1.54) is 90.6 Å². The van der Waals surface area contributed by atoms with Crippen molar-refractivity contribution in [1.82, 2.24) is 57.1 Å². The van der Waals surface area contributed by atoms with Crippen molar-refractivity contribution in [2.45, 2.75) is 19.3 Å². The predicted molar refractivity (Wildman–Crippen MR) is 301 cm³/mol. The van der Waals surface area contributed by atoms with Crippen LogP contribution in [-0.2, 0) is 66.0 Å². The van der Waals surface area contributed by atoms with Crippen LogP contribution >= 0.6 is 0 Å². The number of hydrogen-bond donors (Lipinski definition) is 10. The fraction of sp³-hybridized carbons (Fsp3) is 0.245. The zero-order valence-corrected chi connectivity index (χ0v) is 46.2. The minimum atomic E-state index is -1.06. The van der Waals surface area contributed by atoms with E-state index in [0.717, 1.165) is 0 Å². The standard InChI is InChI=1S/C53H59N19O11/c1-65-16-10-11-34(65)48(78)57-31-20-37(69(5)24-31)50(80)59-32-21-38(70(6)25-32)49(79)58-30-18-35(66(2)23-30)46(76)54-14-9-12-42(73)56-29-17-39(68(4)22-29)51(81)63-40-27-72(8)45(61-40)53(83)64-41-28-71(7)44(62-41)52(82)60-33-19-36(67(3)26-33)47(77)55-15-13-43(74)75/h10-11,16-28H,9,12-15H2,1-8H3,(H,54,76)(H,55,77)(H,56,73)(H,57,78)(H,58,79)(H,59,80)(H,60,82)(H,63,81)(H,64,83)(H,74,75). The Morgan fingerprint density at radius 3 is 1.14 bits per heavy atom. The van der Waals surface area contributed by atoms with Crippen LogP contribution in [0.15, 0.2) is 92.0 Å². The number of nitrogens with one attached hydrogen (secondary N) is 9. The average molecular weight is 1140 g/mol. The molecule has 9 amide bonds. The molecule has 30 nitrogen and oxygen atoms in total. The number of carbonyl (C=O) groups is 10. The van der Waals surface area contributed by atoms with Crippen LogP contribution in [0.5, 0.6) is 0 Å². The maximum atomic E-state index is 13.4. The number of imidazole rings is 2. The lowest BCUT2D eigenvalue weighted by Crippen LogP contribution is -2.27. The fourth-order valence-electron chi connectivity index (χ4n) is 8.73. The van der Waals surface area contributed by atoms with Gasteiger partial charge in [0.15, 0.2) is 11.6 Å². The molecule has 0 radical (unpaired) electrons. The Morgan fingerprint density at radius 2 is 0.735 bits per heavy atom. The summed E-state index contributed by atoms with van der Waals surface area (Å²) in [7, 11) is 12.9. The maximum Gasteiger partial charge on any atom is 0.305 e. The third-order valence-corrected chi connectivity index (χ3v) is 12.8. The molecule has 0 aromatic carbocycles. The monoisotopic (exact) mass is 1140 g/mol. The van der Waals surface area contributed by atoms with Gasteiger partial charge in [-0.3, -0.25) is 47.9 Å². The van der Waals surface area contributed by atoms with Gasteiger partial charge < -0.3 is 89.5 Å². The van der Waals surface area contributed by atoms with Gasteiger partial charge in [-0.05, 0) is 48.9 Å². The van der Waals surface area contributed by atoms with Crippen LogP contribution in [0.1, 0.15) is 103 Å². The number of carboxylic acids is 1. The number of anilines is 7. The van der Waals surface area contributed by atoms with E-state index >= 15 is 0 Å². The Labute approximate surface area is 471 Å². The van der Waals surface area contributed by atoms with E-state index in [1.54, 1.807) is 94.4 Å². The van der Waals surface area contributed by atoms with Crippen LogP contribution in [0, 0.1) is 0 Å². The van der Waals surface area contributed by atoms with Crippen molar-refractivity contribution in [1.29, 1.82) is 0 Å². The van der Waals surface area contributed by atoms with Gasteiger partial charge in [0.2, 0.25) is 17.6 Å². The van der Waals surface area contributed by atoms with E-state index in [-0.39, 0.29) is 102 Å². The van der Waals surface area contributed by atoms with Gasteiger partial charge in [0.1, 0.15) is 34.2 Å². The Bertz CT molecular complexity index is 3890. The SMILES string of the molecule is Cn1cc(NC(=O)c2cc(NC(=O)c3cc(NC(=O)c4cccn4C)cn3C)cn2C)cc1C(=O)NCCCC(=O)Nc1cc(C(=O)Nc2cn(C)c(C(=O)Nc3cn(C)c(C(=O)Nc4cc(C(=O)NCCC(=O)O)n(C)c4)n3)n2)n(C)c1. The second kappa shape index (κ2) is 24.4. The van der Waals surface area contributed by atoms with Crippen LogP contribution in [0.25, 0.3) is 0 Å². The van der Waals surface area contributed by atoms with Crippen molar-refractivity contribution in [2.24, 2.45) is 56.4 Å². The van der Waals surface area contributed by atoms with E-state index in [0.29, 0.717) is 28.4 Å². The van der Waals surface area contributed by atoms with Gasteiger partial charge in [0.05, 0.1) is 34.9 Å². The van der Waals surface area contributed by atoms with E-state index in [9.17, 15) is 47.9 Å². The molecule has 0 aliphatic heterocycles. The summed E-state index contributed by atoms with van der Waals surface area (Å²) in [4.78, 5) is 137. The molecule has 0 spiro atoms. The zero-order chi connectivity index (χ0) is 60.0. The van der Waals surface area contributed by atoms with E-state index < -0.39 is 47.3 Å². The molecule has 0 aliphatic carbocycles. The summed E-state index contributed by atoms with van der Waals surface area (Å²) in [6.45, 7) is 0.0579. The van der Waals surface area contributed by atoms with Gasteiger partial charge in [0, 0.05) is 125 Å². The highest BCUT2D eigenvalue weighted by Gasteiger charge is 2.24. The average Bonchev–Trinajstić information content (AvgIpc) is 4.40. The third kappa shape index (κ3) is 13.8. The molecule has 0 fully saturated rings. The molecule has 0 saturated heterocycles. The lowest BCUT2D eigenvalue weighted by molar-refractivity contribution is -0.136. The summed E-state index contributed by atoms with van der Waals surface area (Å²) in [5.41, 5.74) is 3.18. The number of nitrogens with zero attached hydrogens (tertiary/aromatic N) is 10. The third-order valence-electron chi connectivity index (χ3n) is 12.8. The zero-order valence-electron chi connectivity index (χ0n) is 46.2. The van der Waals surface area contributed by atoms with Gasteiger partial charge in [-0.15, -0.1) is 0 Å².